The van der Waals surface area contributed by atoms with Crippen molar-refractivity contribution >= 4 is 5.91 Å². The molecular weight excluding hydrogens is 371 g/mol. The van der Waals surface area contributed by atoms with E-state index in [4.69, 9.17) is 0 Å². The van der Waals surface area contributed by atoms with E-state index in [1.807, 2.05) is 4.68 Å². The molecule has 0 N–H and O–H groups in total. The number of pyridine rings is 1. The molecule has 7 heteroatoms. The fourth-order valence-corrected chi connectivity index (χ4v) is 3.90. The van der Waals surface area contributed by atoms with Crippen LogP contribution in [0.15, 0.2) is 53.5 Å². The minimum absolute atomic E-state index is 0.180. The van der Waals surface area contributed by atoms with Crippen LogP contribution in [-0.2, 0) is 20.0 Å². The molecule has 0 saturated carbocycles. The van der Waals surface area contributed by atoms with Crippen molar-refractivity contribution in [3.8, 4) is 5.69 Å². The minimum atomic E-state index is -0.294. The van der Waals surface area contributed by atoms with Crippen LogP contribution in [0.1, 0.15) is 35.6 Å². The summed E-state index contributed by atoms with van der Waals surface area (Å²) in [5.74, 6) is -0.474. The van der Waals surface area contributed by atoms with Crippen LogP contribution < -0.4 is 5.56 Å². The monoisotopic (exact) mass is 394 g/mol. The number of benzene rings is 1. The van der Waals surface area contributed by atoms with Crippen molar-refractivity contribution in [2.24, 2.45) is 12.5 Å². The number of halogens is 1. The average molecular weight is 394 g/mol. The Hall–Kier alpha value is -3.22. The van der Waals surface area contributed by atoms with Gasteiger partial charge in [0.05, 0.1) is 11.9 Å². The summed E-state index contributed by atoms with van der Waals surface area (Å²) in [6, 6.07) is 10.9. The molecule has 0 aliphatic carbocycles. The predicted molar refractivity (Wildman–Crippen MR) is 107 cm³/mol. The first-order chi connectivity index (χ1) is 13.7. The van der Waals surface area contributed by atoms with Crippen molar-refractivity contribution in [1.82, 2.24) is 19.2 Å². The summed E-state index contributed by atoms with van der Waals surface area (Å²) >= 11 is 0. The largest absolute Gasteiger partial charge is 0.332 e. The number of carbonyl (C=O) groups is 1. The lowest BCUT2D eigenvalue weighted by molar-refractivity contribution is 0.0669. The second-order valence-corrected chi connectivity index (χ2v) is 8.32. The fourth-order valence-electron chi connectivity index (χ4n) is 3.90. The number of nitrogens with zero attached hydrogens (tertiary/aromatic N) is 4. The molecule has 3 heterocycles. The Morgan fingerprint density at radius 3 is 2.59 bits per heavy atom. The molecule has 4 rings (SSSR count). The number of hydrogen-bond donors (Lipinski definition) is 0. The molecule has 2 aromatic heterocycles. The Kier molecular flexibility index (Phi) is 4.61. The summed E-state index contributed by atoms with van der Waals surface area (Å²) in [5, 5.41) is 4.50. The number of amides is 1. The van der Waals surface area contributed by atoms with Crippen molar-refractivity contribution in [1.29, 1.82) is 0 Å². The molecule has 1 aliphatic heterocycles. The van der Waals surface area contributed by atoms with E-state index in [9.17, 15) is 14.0 Å². The highest BCUT2D eigenvalue weighted by Gasteiger charge is 2.33. The van der Waals surface area contributed by atoms with E-state index in [0.717, 1.165) is 23.4 Å². The van der Waals surface area contributed by atoms with Gasteiger partial charge < -0.3 is 9.47 Å². The first-order valence-electron chi connectivity index (χ1n) is 9.52. The Labute approximate surface area is 168 Å². The molecule has 1 aliphatic rings. The van der Waals surface area contributed by atoms with Gasteiger partial charge in [-0.2, -0.15) is 5.10 Å². The highest BCUT2D eigenvalue weighted by molar-refractivity contribution is 5.92. The summed E-state index contributed by atoms with van der Waals surface area (Å²) in [7, 11) is 1.61. The van der Waals surface area contributed by atoms with Gasteiger partial charge in [-0.3, -0.25) is 9.59 Å². The van der Waals surface area contributed by atoms with Crippen LogP contribution in [0.4, 0.5) is 4.39 Å². The SMILES string of the molecule is Cn1c(C(=O)N2Cc3cnn(-c4ccc(F)cc4)c3CC(C)(C)C2)cccc1=O. The number of aromatic nitrogens is 3. The molecule has 0 radical (unpaired) electrons. The molecule has 1 aromatic carbocycles. The van der Waals surface area contributed by atoms with E-state index >= 15 is 0 Å². The van der Waals surface area contributed by atoms with Gasteiger partial charge >= 0.3 is 0 Å². The average Bonchev–Trinajstić information content (AvgIpc) is 2.98. The maximum absolute atomic E-state index is 13.3. The molecule has 0 unspecified atom stereocenters. The molecule has 29 heavy (non-hydrogen) atoms. The highest BCUT2D eigenvalue weighted by atomic mass is 19.1. The van der Waals surface area contributed by atoms with Gasteiger partial charge in [0.25, 0.3) is 11.5 Å². The summed E-state index contributed by atoms with van der Waals surface area (Å²) in [6.45, 7) is 5.16. The van der Waals surface area contributed by atoms with Crippen molar-refractivity contribution in [3.05, 3.63) is 81.8 Å². The zero-order valence-electron chi connectivity index (χ0n) is 16.7. The van der Waals surface area contributed by atoms with Crippen molar-refractivity contribution in [2.75, 3.05) is 6.54 Å². The number of fused-ring (bicyclic) bond motifs is 1. The zero-order valence-corrected chi connectivity index (χ0v) is 16.7. The predicted octanol–water partition coefficient (Wildman–Crippen LogP) is 2.93. The zero-order chi connectivity index (χ0) is 20.8. The first kappa shape index (κ1) is 19.1. The molecule has 0 bridgehead atoms. The van der Waals surface area contributed by atoms with Crippen molar-refractivity contribution in [2.45, 2.75) is 26.8 Å². The highest BCUT2D eigenvalue weighted by Crippen LogP contribution is 2.32. The Morgan fingerprint density at radius 2 is 1.86 bits per heavy atom. The lowest BCUT2D eigenvalue weighted by Gasteiger charge is -2.30. The van der Waals surface area contributed by atoms with Crippen LogP contribution in [0.3, 0.4) is 0 Å². The van der Waals surface area contributed by atoms with Crippen LogP contribution in [0.25, 0.3) is 5.69 Å². The van der Waals surface area contributed by atoms with Gasteiger partial charge in [-0.1, -0.05) is 19.9 Å². The third kappa shape index (κ3) is 3.60. The number of carbonyl (C=O) groups excluding carboxylic acids is 1. The van der Waals surface area contributed by atoms with Crippen LogP contribution in [0.2, 0.25) is 0 Å². The lowest BCUT2D eigenvalue weighted by Crippen LogP contribution is -2.39. The van der Waals surface area contributed by atoms with Crippen LogP contribution in [0, 0.1) is 11.2 Å². The first-order valence-corrected chi connectivity index (χ1v) is 9.52. The Bertz CT molecular complexity index is 1130. The van der Waals surface area contributed by atoms with Crippen molar-refractivity contribution < 1.29 is 9.18 Å². The molecule has 0 atom stereocenters. The van der Waals surface area contributed by atoms with Gasteiger partial charge in [0, 0.05) is 37.5 Å². The van der Waals surface area contributed by atoms with Gasteiger partial charge in [-0.05, 0) is 42.2 Å². The van der Waals surface area contributed by atoms with Crippen LogP contribution in [0.5, 0.6) is 0 Å². The van der Waals surface area contributed by atoms with E-state index in [1.165, 1.54) is 22.8 Å². The Morgan fingerprint density at radius 1 is 1.14 bits per heavy atom. The topological polar surface area (TPSA) is 60.1 Å². The standard InChI is InChI=1S/C22H23FN4O2/c1-22(2)11-19-15(12-24-27(19)17-9-7-16(23)8-10-17)13-26(14-22)21(29)18-5-4-6-20(28)25(18)3/h4-10,12H,11,13-14H2,1-3H3. The molecule has 1 amide bonds. The molecule has 0 spiro atoms. The summed E-state index contributed by atoms with van der Waals surface area (Å²) in [4.78, 5) is 27.0. The number of rotatable bonds is 2. The molecule has 6 nitrogen and oxygen atoms in total. The summed E-state index contributed by atoms with van der Waals surface area (Å²) in [5.41, 5.74) is 2.70. The van der Waals surface area contributed by atoms with E-state index in [1.54, 1.807) is 42.4 Å². The van der Waals surface area contributed by atoms with Gasteiger partial charge in [0.1, 0.15) is 11.5 Å². The van der Waals surface area contributed by atoms with E-state index in [-0.39, 0.29) is 22.7 Å². The van der Waals surface area contributed by atoms with E-state index < -0.39 is 0 Å². The van der Waals surface area contributed by atoms with E-state index in [0.29, 0.717) is 18.8 Å². The second-order valence-electron chi connectivity index (χ2n) is 8.32. The molecule has 150 valence electrons. The molecule has 0 saturated heterocycles. The maximum Gasteiger partial charge on any atom is 0.270 e. The van der Waals surface area contributed by atoms with Gasteiger partial charge in [-0.25, -0.2) is 9.07 Å². The second kappa shape index (κ2) is 6.99. The summed E-state index contributed by atoms with van der Waals surface area (Å²) < 4.78 is 16.5. The lowest BCUT2D eigenvalue weighted by atomic mass is 9.87. The third-order valence-electron chi connectivity index (χ3n) is 5.34. The number of hydrogen-bond acceptors (Lipinski definition) is 3. The van der Waals surface area contributed by atoms with Gasteiger partial charge in [0.2, 0.25) is 0 Å². The van der Waals surface area contributed by atoms with Gasteiger partial charge in [0.15, 0.2) is 0 Å². The normalized spacial score (nSPS) is 15.7. The summed E-state index contributed by atoms with van der Waals surface area (Å²) in [6.07, 6.45) is 2.49. The van der Waals surface area contributed by atoms with Crippen molar-refractivity contribution in [3.63, 3.8) is 0 Å². The Balaban J connectivity index is 1.73. The maximum atomic E-state index is 13.3. The van der Waals surface area contributed by atoms with Crippen LogP contribution in [-0.4, -0.2) is 31.7 Å². The van der Waals surface area contributed by atoms with Crippen LogP contribution >= 0.6 is 0 Å². The minimum Gasteiger partial charge on any atom is -0.332 e. The van der Waals surface area contributed by atoms with Gasteiger partial charge in [-0.15, -0.1) is 0 Å². The molecule has 0 fully saturated rings. The molecular formula is C22H23FN4O2. The third-order valence-corrected chi connectivity index (χ3v) is 5.34. The van der Waals surface area contributed by atoms with E-state index in [2.05, 4.69) is 18.9 Å². The fraction of sp³-hybridized carbons (Fsp3) is 0.318. The quantitative estimate of drug-likeness (QED) is 0.672. The smallest absolute Gasteiger partial charge is 0.270 e. The molecule has 3 aromatic rings.